The van der Waals surface area contributed by atoms with Gasteiger partial charge in [-0.1, -0.05) is 18.3 Å². The molecule has 0 aromatic rings. The van der Waals surface area contributed by atoms with Crippen molar-refractivity contribution >= 4 is 16.9 Å². The second-order valence-corrected chi connectivity index (χ2v) is 2.71. The highest BCUT2D eigenvalue weighted by Gasteiger charge is 2.00. The first-order valence-corrected chi connectivity index (χ1v) is 3.60. The fourth-order valence-corrected chi connectivity index (χ4v) is 0.785. The van der Waals surface area contributed by atoms with E-state index >= 15 is 0 Å². The maximum absolute atomic E-state index is 10.7. The van der Waals surface area contributed by atoms with Crippen molar-refractivity contribution in [2.45, 2.75) is 6.92 Å². The fourth-order valence-electron chi connectivity index (χ4n) is 0.262. The van der Waals surface area contributed by atoms with Crippen LogP contribution < -0.4 is 0 Å². The normalized spacial score (nSPS) is 9.11. The van der Waals surface area contributed by atoms with E-state index < -0.39 is 0 Å². The third-order valence-electron chi connectivity index (χ3n) is 0.673. The summed E-state index contributed by atoms with van der Waals surface area (Å²) in [6.45, 7) is 5.16. The van der Waals surface area contributed by atoms with E-state index in [4.69, 9.17) is 5.11 Å². The van der Waals surface area contributed by atoms with E-state index in [0.29, 0.717) is 11.3 Å². The van der Waals surface area contributed by atoms with Gasteiger partial charge in [-0.2, -0.15) is 0 Å². The van der Waals surface area contributed by atoms with Gasteiger partial charge >= 0.3 is 0 Å². The van der Waals surface area contributed by atoms with Crippen molar-refractivity contribution in [3.63, 3.8) is 0 Å². The van der Waals surface area contributed by atoms with Crippen LogP contribution >= 0.6 is 11.8 Å². The van der Waals surface area contributed by atoms with Gasteiger partial charge in [0.05, 0.1) is 6.61 Å². The van der Waals surface area contributed by atoms with Crippen molar-refractivity contribution in [1.29, 1.82) is 0 Å². The lowest BCUT2D eigenvalue weighted by molar-refractivity contribution is -0.107. The van der Waals surface area contributed by atoms with E-state index in [1.54, 1.807) is 6.92 Å². The van der Waals surface area contributed by atoms with Gasteiger partial charge in [0.2, 0.25) is 5.12 Å². The minimum atomic E-state index is -0.0379. The number of hydrogen-bond donors (Lipinski definition) is 1. The molecule has 2 nitrogen and oxygen atoms in total. The summed E-state index contributed by atoms with van der Waals surface area (Å²) >= 11 is 1.10. The van der Waals surface area contributed by atoms with Crippen LogP contribution in [0.5, 0.6) is 0 Å². The standard InChI is InChI=1S/C6H10O2S/c1-5(2)6(8)9-4-3-7/h7H,1,3-4H2,2H3. The Kier molecular flexibility index (Phi) is 4.44. The van der Waals surface area contributed by atoms with Crippen LogP contribution in [-0.4, -0.2) is 22.6 Å². The molecule has 0 saturated carbocycles. The number of thioether (sulfide) groups is 1. The molecule has 0 saturated heterocycles. The summed E-state index contributed by atoms with van der Waals surface area (Å²) in [5, 5.41) is 8.26. The SMILES string of the molecule is C=C(C)C(=O)SCCO. The number of rotatable bonds is 3. The molecule has 0 radical (unpaired) electrons. The van der Waals surface area contributed by atoms with Gasteiger partial charge in [-0.05, 0) is 12.5 Å². The maximum Gasteiger partial charge on any atom is 0.214 e. The summed E-state index contributed by atoms with van der Waals surface area (Å²) in [6.07, 6.45) is 0. The molecule has 1 N–H and O–H groups in total. The monoisotopic (exact) mass is 146 g/mol. The Morgan fingerprint density at radius 2 is 2.33 bits per heavy atom. The van der Waals surface area contributed by atoms with E-state index in [1.165, 1.54) is 0 Å². The number of carbonyl (C=O) groups excluding carboxylic acids is 1. The van der Waals surface area contributed by atoms with Gasteiger partial charge in [0.15, 0.2) is 0 Å². The molecule has 0 aromatic carbocycles. The minimum absolute atomic E-state index is 0.0379. The van der Waals surface area contributed by atoms with E-state index in [-0.39, 0.29) is 11.7 Å². The summed E-state index contributed by atoms with van der Waals surface area (Å²) < 4.78 is 0. The predicted molar refractivity (Wildman–Crippen MR) is 39.4 cm³/mol. The average Bonchev–Trinajstić information content (AvgIpc) is 1.82. The van der Waals surface area contributed by atoms with Crippen LogP contribution in [0.15, 0.2) is 12.2 Å². The lowest BCUT2D eigenvalue weighted by Crippen LogP contribution is -1.95. The van der Waals surface area contributed by atoms with Gasteiger partial charge in [-0.15, -0.1) is 0 Å². The van der Waals surface area contributed by atoms with E-state index in [1.807, 2.05) is 0 Å². The van der Waals surface area contributed by atoms with E-state index in [0.717, 1.165) is 11.8 Å². The quantitative estimate of drug-likeness (QED) is 0.599. The molecule has 0 aliphatic rings. The molecule has 52 valence electrons. The largest absolute Gasteiger partial charge is 0.396 e. The fraction of sp³-hybridized carbons (Fsp3) is 0.500. The molecule has 0 rings (SSSR count). The highest BCUT2D eigenvalue weighted by molar-refractivity contribution is 8.14. The van der Waals surface area contributed by atoms with Crippen LogP contribution in [0.25, 0.3) is 0 Å². The van der Waals surface area contributed by atoms with Crippen LogP contribution in [0.2, 0.25) is 0 Å². The molecular weight excluding hydrogens is 136 g/mol. The number of aliphatic hydroxyl groups excluding tert-OH is 1. The molecule has 3 heteroatoms. The van der Waals surface area contributed by atoms with Crippen LogP contribution in [0.1, 0.15) is 6.92 Å². The first kappa shape index (κ1) is 8.72. The van der Waals surface area contributed by atoms with E-state index in [2.05, 4.69) is 6.58 Å². The molecule has 0 aromatic heterocycles. The number of hydrogen-bond acceptors (Lipinski definition) is 3. The molecule has 0 aliphatic heterocycles. The van der Waals surface area contributed by atoms with Crippen LogP contribution in [-0.2, 0) is 4.79 Å². The molecule has 0 aliphatic carbocycles. The topological polar surface area (TPSA) is 37.3 Å². The maximum atomic E-state index is 10.7. The zero-order valence-corrected chi connectivity index (χ0v) is 6.20. The molecule has 0 bridgehead atoms. The van der Waals surface area contributed by atoms with Crippen LogP contribution in [0.3, 0.4) is 0 Å². The number of carbonyl (C=O) groups is 1. The molecule has 0 atom stereocenters. The number of aliphatic hydroxyl groups is 1. The first-order valence-electron chi connectivity index (χ1n) is 2.62. The summed E-state index contributed by atoms with van der Waals surface area (Å²) in [5.41, 5.74) is 0.536. The van der Waals surface area contributed by atoms with Gasteiger partial charge in [0, 0.05) is 5.75 Å². The highest BCUT2D eigenvalue weighted by Crippen LogP contribution is 2.06. The lowest BCUT2D eigenvalue weighted by Gasteiger charge is -1.94. The Morgan fingerprint density at radius 3 is 2.67 bits per heavy atom. The van der Waals surface area contributed by atoms with Crippen molar-refractivity contribution in [3.05, 3.63) is 12.2 Å². The van der Waals surface area contributed by atoms with Crippen molar-refractivity contribution in [2.24, 2.45) is 0 Å². The lowest BCUT2D eigenvalue weighted by atomic mass is 10.4. The van der Waals surface area contributed by atoms with Crippen LogP contribution in [0, 0.1) is 0 Å². The van der Waals surface area contributed by atoms with Gasteiger partial charge in [0.1, 0.15) is 0 Å². The second kappa shape index (κ2) is 4.58. The summed E-state index contributed by atoms with van der Waals surface area (Å²) in [7, 11) is 0. The molecule has 0 spiro atoms. The van der Waals surface area contributed by atoms with Gasteiger partial charge in [-0.3, -0.25) is 4.79 Å². The first-order chi connectivity index (χ1) is 4.18. The Labute approximate surface area is 59.0 Å². The van der Waals surface area contributed by atoms with Crippen molar-refractivity contribution in [3.8, 4) is 0 Å². The smallest absolute Gasteiger partial charge is 0.214 e. The Hall–Kier alpha value is -0.280. The molecule has 0 amide bonds. The van der Waals surface area contributed by atoms with Crippen molar-refractivity contribution in [2.75, 3.05) is 12.4 Å². The Morgan fingerprint density at radius 1 is 1.78 bits per heavy atom. The Balaban J connectivity index is 3.39. The molecule has 0 unspecified atom stereocenters. The van der Waals surface area contributed by atoms with Crippen molar-refractivity contribution in [1.82, 2.24) is 0 Å². The summed E-state index contributed by atoms with van der Waals surface area (Å²) in [6, 6.07) is 0. The Bertz CT molecular complexity index is 120. The third kappa shape index (κ3) is 4.24. The summed E-state index contributed by atoms with van der Waals surface area (Å²) in [5.74, 6) is 0.464. The van der Waals surface area contributed by atoms with Gasteiger partial charge in [-0.25, -0.2) is 0 Å². The van der Waals surface area contributed by atoms with Crippen LogP contribution in [0.4, 0.5) is 0 Å². The van der Waals surface area contributed by atoms with Crippen molar-refractivity contribution < 1.29 is 9.90 Å². The molecule has 9 heavy (non-hydrogen) atoms. The predicted octanol–water partition coefficient (Wildman–Crippen LogP) is 0.815. The minimum Gasteiger partial charge on any atom is -0.396 e. The highest BCUT2D eigenvalue weighted by atomic mass is 32.2. The molecule has 0 fully saturated rings. The summed E-state index contributed by atoms with van der Waals surface area (Å²) in [4.78, 5) is 10.7. The molecular formula is C6H10O2S. The van der Waals surface area contributed by atoms with E-state index in [9.17, 15) is 4.79 Å². The van der Waals surface area contributed by atoms with Gasteiger partial charge < -0.3 is 5.11 Å². The second-order valence-electron chi connectivity index (χ2n) is 1.64. The van der Waals surface area contributed by atoms with Gasteiger partial charge in [0.25, 0.3) is 0 Å². The zero-order valence-electron chi connectivity index (χ0n) is 5.39. The zero-order chi connectivity index (χ0) is 7.28. The molecule has 0 heterocycles. The third-order valence-corrected chi connectivity index (χ3v) is 1.67. The average molecular weight is 146 g/mol.